The highest BCUT2D eigenvalue weighted by molar-refractivity contribution is 5.92. The average molecular weight is 360 g/mol. The third kappa shape index (κ3) is 1.14. The lowest BCUT2D eigenvalue weighted by atomic mass is 9.46. The van der Waals surface area contributed by atoms with Crippen LogP contribution in [0.2, 0.25) is 0 Å². The van der Waals surface area contributed by atoms with E-state index in [0.717, 1.165) is 30.4 Å². The SMILES string of the molecule is CC(C)[C@]12O[C@H]1[C@@H]1O[C@@]13[C@@]1(C)CCC4=C(COC4=O)[C@@H]1CC1O[C@@]13[C@@H]2O. The van der Waals surface area contributed by atoms with Gasteiger partial charge in [0.25, 0.3) is 0 Å². The van der Waals surface area contributed by atoms with Crippen molar-refractivity contribution in [2.45, 2.75) is 81.3 Å². The van der Waals surface area contributed by atoms with Crippen molar-refractivity contribution in [3.8, 4) is 0 Å². The maximum absolute atomic E-state index is 12.1. The van der Waals surface area contributed by atoms with Crippen LogP contribution in [0.15, 0.2) is 11.1 Å². The van der Waals surface area contributed by atoms with Gasteiger partial charge in [-0.3, -0.25) is 0 Å². The van der Waals surface area contributed by atoms with Crippen molar-refractivity contribution in [3.05, 3.63) is 11.1 Å². The van der Waals surface area contributed by atoms with E-state index in [0.29, 0.717) is 6.61 Å². The van der Waals surface area contributed by atoms with E-state index in [-0.39, 0.29) is 41.5 Å². The first-order valence-electron chi connectivity index (χ1n) is 9.95. The highest BCUT2D eigenvalue weighted by Crippen LogP contribution is 2.82. The Balaban J connectivity index is 1.39. The van der Waals surface area contributed by atoms with Crippen LogP contribution in [0.1, 0.15) is 40.0 Å². The van der Waals surface area contributed by atoms with Gasteiger partial charge in [-0.25, -0.2) is 4.79 Å². The molecule has 9 atom stereocenters. The second-order valence-electron chi connectivity index (χ2n) is 9.91. The Labute approximate surface area is 151 Å². The van der Waals surface area contributed by atoms with Gasteiger partial charge in [-0.05, 0) is 36.7 Å². The summed E-state index contributed by atoms with van der Waals surface area (Å²) in [5.41, 5.74) is 0.230. The number of ether oxygens (including phenoxy) is 4. The lowest BCUT2D eigenvalue weighted by Crippen LogP contribution is -2.69. The van der Waals surface area contributed by atoms with Crippen molar-refractivity contribution >= 4 is 5.97 Å². The average Bonchev–Trinajstić information content (AvgIpc) is 3.47. The predicted octanol–water partition coefficient (Wildman–Crippen LogP) is 1.10. The molecule has 0 radical (unpaired) electrons. The molecule has 0 aromatic rings. The van der Waals surface area contributed by atoms with Crippen molar-refractivity contribution < 1.29 is 28.8 Å². The molecule has 4 aliphatic heterocycles. The van der Waals surface area contributed by atoms with Gasteiger partial charge in [-0.1, -0.05) is 20.8 Å². The van der Waals surface area contributed by atoms with E-state index in [4.69, 9.17) is 18.9 Å². The van der Waals surface area contributed by atoms with Gasteiger partial charge in [0, 0.05) is 11.0 Å². The summed E-state index contributed by atoms with van der Waals surface area (Å²) in [4.78, 5) is 12.1. The molecule has 26 heavy (non-hydrogen) atoms. The number of esters is 1. The Hall–Kier alpha value is -0.950. The van der Waals surface area contributed by atoms with Gasteiger partial charge >= 0.3 is 5.97 Å². The van der Waals surface area contributed by atoms with E-state index in [1.807, 2.05) is 0 Å². The zero-order valence-corrected chi connectivity index (χ0v) is 15.3. The second kappa shape index (κ2) is 3.79. The molecule has 7 rings (SSSR count). The third-order valence-electron chi connectivity index (χ3n) is 9.10. The maximum atomic E-state index is 12.1. The van der Waals surface area contributed by atoms with Crippen molar-refractivity contribution in [2.75, 3.05) is 6.61 Å². The molecule has 5 fully saturated rings. The van der Waals surface area contributed by atoms with E-state index >= 15 is 0 Å². The molecule has 4 heterocycles. The van der Waals surface area contributed by atoms with Gasteiger partial charge in [0.05, 0.1) is 6.10 Å². The van der Waals surface area contributed by atoms with E-state index < -0.39 is 22.9 Å². The van der Waals surface area contributed by atoms with Gasteiger partial charge in [0.15, 0.2) is 5.60 Å². The van der Waals surface area contributed by atoms with Crippen LogP contribution in [-0.2, 0) is 23.7 Å². The number of fused-ring (bicyclic) bond motifs is 4. The van der Waals surface area contributed by atoms with Crippen molar-refractivity contribution in [1.29, 1.82) is 0 Å². The van der Waals surface area contributed by atoms with Gasteiger partial charge < -0.3 is 24.1 Å². The molecule has 0 bridgehead atoms. The number of epoxide rings is 3. The molecule has 0 aromatic carbocycles. The Morgan fingerprint density at radius 3 is 2.77 bits per heavy atom. The Kier molecular flexibility index (Phi) is 2.19. The minimum atomic E-state index is -0.654. The number of cyclic esters (lactones) is 1. The topological polar surface area (TPSA) is 84.1 Å². The molecule has 7 aliphatic rings. The van der Waals surface area contributed by atoms with Crippen LogP contribution >= 0.6 is 0 Å². The largest absolute Gasteiger partial charge is 0.458 e. The van der Waals surface area contributed by atoms with Crippen LogP contribution < -0.4 is 0 Å². The number of aliphatic hydroxyl groups excluding tert-OH is 1. The molecular weight excluding hydrogens is 336 g/mol. The molecule has 2 saturated carbocycles. The monoisotopic (exact) mass is 360 g/mol. The molecule has 6 heteroatoms. The zero-order valence-electron chi connectivity index (χ0n) is 15.3. The zero-order chi connectivity index (χ0) is 17.9. The van der Waals surface area contributed by atoms with E-state index in [1.54, 1.807) is 0 Å². The second-order valence-corrected chi connectivity index (χ2v) is 9.91. The molecule has 2 spiro atoms. The number of carbonyl (C=O) groups is 1. The molecule has 0 aromatic heterocycles. The van der Waals surface area contributed by atoms with Crippen LogP contribution in [0.4, 0.5) is 0 Å². The summed E-state index contributed by atoms with van der Waals surface area (Å²) in [6, 6.07) is 0. The standard InChI is InChI=1S/C20H24O6/c1-8(2)18-13(25-18)14-20(26-14)17(3)5-4-9-10(7-23-15(9)21)11(17)6-12-19(20,24-12)16(18)22/h8,11-14,16,22H,4-7H2,1-3H3/t11-,12?,13-,14-,16+,17-,18-,19+,20+/m0/s1. The van der Waals surface area contributed by atoms with Gasteiger partial charge in [-0.2, -0.15) is 0 Å². The highest BCUT2D eigenvalue weighted by Gasteiger charge is 3.00. The van der Waals surface area contributed by atoms with Crippen LogP contribution in [0.25, 0.3) is 0 Å². The van der Waals surface area contributed by atoms with Crippen molar-refractivity contribution in [1.82, 2.24) is 0 Å². The summed E-state index contributed by atoms with van der Waals surface area (Å²) in [6.07, 6.45) is 1.71. The first-order valence-corrected chi connectivity index (χ1v) is 9.95. The summed E-state index contributed by atoms with van der Waals surface area (Å²) >= 11 is 0. The molecule has 6 nitrogen and oxygen atoms in total. The highest BCUT2D eigenvalue weighted by atomic mass is 16.7. The third-order valence-corrected chi connectivity index (χ3v) is 9.10. The summed E-state index contributed by atoms with van der Waals surface area (Å²) < 4.78 is 24.3. The van der Waals surface area contributed by atoms with Crippen LogP contribution in [-0.4, -0.2) is 58.9 Å². The number of carbonyl (C=O) groups excluding carboxylic acids is 1. The normalized spacial score (nSPS) is 63.1. The van der Waals surface area contributed by atoms with E-state index in [1.165, 1.54) is 0 Å². The number of hydrogen-bond donors (Lipinski definition) is 1. The smallest absolute Gasteiger partial charge is 0.334 e. The molecule has 1 unspecified atom stereocenters. The minimum Gasteiger partial charge on any atom is -0.458 e. The maximum Gasteiger partial charge on any atom is 0.334 e. The lowest BCUT2D eigenvalue weighted by Gasteiger charge is -2.53. The number of hydrogen-bond acceptors (Lipinski definition) is 6. The summed E-state index contributed by atoms with van der Waals surface area (Å²) in [5, 5.41) is 11.4. The fraction of sp³-hybridized carbons (Fsp3) is 0.850. The molecule has 140 valence electrons. The van der Waals surface area contributed by atoms with Crippen LogP contribution in [0.5, 0.6) is 0 Å². The van der Waals surface area contributed by atoms with Crippen LogP contribution in [0, 0.1) is 17.3 Å². The fourth-order valence-electron chi connectivity index (χ4n) is 7.70. The van der Waals surface area contributed by atoms with Gasteiger partial charge in [0.1, 0.15) is 36.1 Å². The molecule has 3 aliphatic carbocycles. The van der Waals surface area contributed by atoms with E-state index in [2.05, 4.69) is 20.8 Å². The Morgan fingerprint density at radius 1 is 1.19 bits per heavy atom. The van der Waals surface area contributed by atoms with Crippen molar-refractivity contribution in [3.63, 3.8) is 0 Å². The summed E-state index contributed by atoms with van der Waals surface area (Å²) in [7, 11) is 0. The molecule has 3 saturated heterocycles. The first-order chi connectivity index (χ1) is 12.3. The summed E-state index contributed by atoms with van der Waals surface area (Å²) in [5.74, 6) is 0.297. The fourth-order valence-corrected chi connectivity index (χ4v) is 7.70. The number of aliphatic hydroxyl groups is 1. The summed E-state index contributed by atoms with van der Waals surface area (Å²) in [6.45, 7) is 6.91. The molecular formula is C20H24O6. The van der Waals surface area contributed by atoms with Gasteiger partial charge in [0.2, 0.25) is 0 Å². The Morgan fingerprint density at radius 2 is 2.00 bits per heavy atom. The van der Waals surface area contributed by atoms with Crippen LogP contribution in [0.3, 0.4) is 0 Å². The quantitative estimate of drug-likeness (QED) is 0.557. The molecule has 0 amide bonds. The first kappa shape index (κ1) is 15.0. The Bertz CT molecular complexity index is 819. The van der Waals surface area contributed by atoms with Gasteiger partial charge in [-0.15, -0.1) is 0 Å². The lowest BCUT2D eigenvalue weighted by molar-refractivity contribution is -0.136. The minimum absolute atomic E-state index is 0.00808. The number of rotatable bonds is 1. The molecule has 1 N–H and O–H groups in total. The van der Waals surface area contributed by atoms with E-state index in [9.17, 15) is 9.90 Å². The van der Waals surface area contributed by atoms with Crippen molar-refractivity contribution in [2.24, 2.45) is 17.3 Å². The predicted molar refractivity (Wildman–Crippen MR) is 87.1 cm³/mol.